The number of carbonyl (C=O) groups is 3. The number of hydrogen-bond acceptors (Lipinski definition) is 8. The predicted molar refractivity (Wildman–Crippen MR) is 182 cm³/mol. The van der Waals surface area contributed by atoms with Gasteiger partial charge in [-0.15, -0.1) is 0 Å². The van der Waals surface area contributed by atoms with E-state index in [0.29, 0.717) is 59.1 Å². The van der Waals surface area contributed by atoms with Crippen LogP contribution in [0.3, 0.4) is 0 Å². The zero-order valence-corrected chi connectivity index (χ0v) is 27.1. The Bertz CT molecular complexity index is 1720. The first-order valence-corrected chi connectivity index (χ1v) is 16.1. The van der Waals surface area contributed by atoms with E-state index in [2.05, 4.69) is 19.6 Å². The van der Waals surface area contributed by atoms with Gasteiger partial charge < -0.3 is 18.9 Å². The van der Waals surface area contributed by atoms with Gasteiger partial charge in [-0.05, 0) is 110 Å². The molecule has 8 nitrogen and oxygen atoms in total. The van der Waals surface area contributed by atoms with Gasteiger partial charge in [-0.1, -0.05) is 44.2 Å². The predicted octanol–water partition coefficient (Wildman–Crippen LogP) is 8.21. The van der Waals surface area contributed by atoms with Gasteiger partial charge in [0.2, 0.25) is 0 Å². The fraction of sp³-hybridized carbons (Fsp3) is 0.250. The van der Waals surface area contributed by atoms with E-state index in [9.17, 15) is 19.6 Å². The van der Waals surface area contributed by atoms with Gasteiger partial charge in [0.25, 0.3) is 0 Å². The van der Waals surface area contributed by atoms with E-state index in [4.69, 9.17) is 18.9 Å². The number of benzene rings is 4. The average molecular weight is 646 g/mol. The molecule has 246 valence electrons. The summed E-state index contributed by atoms with van der Waals surface area (Å²) in [5.74, 6) is -0.151. The van der Waals surface area contributed by atoms with Gasteiger partial charge in [-0.25, -0.2) is 14.4 Å². The maximum Gasteiger partial charge on any atom is 0.343 e. The van der Waals surface area contributed by atoms with Crippen LogP contribution in [0.2, 0.25) is 0 Å². The SMILES string of the molecule is C=CC(=O)OCCCCCCOc1ccc(C(=O)Oc2ccc(OC(=O)c3ccc(CCC)cc3)c(Cc3ccc(C#N)cc3)c2)cc1. The summed E-state index contributed by atoms with van der Waals surface area (Å²) in [5.41, 5.74) is 4.01. The van der Waals surface area contributed by atoms with Crippen molar-refractivity contribution < 1.29 is 33.3 Å². The van der Waals surface area contributed by atoms with Crippen molar-refractivity contribution in [1.29, 1.82) is 5.26 Å². The van der Waals surface area contributed by atoms with Gasteiger partial charge in [0.15, 0.2) is 0 Å². The second-order valence-corrected chi connectivity index (χ2v) is 11.1. The van der Waals surface area contributed by atoms with Crippen LogP contribution in [0.1, 0.15) is 82.0 Å². The summed E-state index contributed by atoms with van der Waals surface area (Å²) in [7, 11) is 0. The Morgan fingerprint density at radius 1 is 0.729 bits per heavy atom. The number of nitrogens with zero attached hydrogens (tertiary/aromatic N) is 1. The average Bonchev–Trinajstić information content (AvgIpc) is 3.11. The van der Waals surface area contributed by atoms with Gasteiger partial charge in [0.05, 0.1) is 36.0 Å². The lowest BCUT2D eigenvalue weighted by Gasteiger charge is -2.13. The molecule has 0 aliphatic carbocycles. The number of aryl methyl sites for hydroxylation is 1. The van der Waals surface area contributed by atoms with Crippen molar-refractivity contribution in [3.63, 3.8) is 0 Å². The lowest BCUT2D eigenvalue weighted by Crippen LogP contribution is -2.11. The van der Waals surface area contributed by atoms with Crippen LogP contribution in [0.25, 0.3) is 0 Å². The minimum atomic E-state index is -0.542. The molecule has 0 amide bonds. The van der Waals surface area contributed by atoms with Crippen LogP contribution in [0, 0.1) is 11.3 Å². The van der Waals surface area contributed by atoms with Crippen LogP contribution < -0.4 is 14.2 Å². The molecule has 0 fully saturated rings. The molecule has 48 heavy (non-hydrogen) atoms. The highest BCUT2D eigenvalue weighted by molar-refractivity contribution is 5.92. The Labute approximate surface area is 281 Å². The maximum atomic E-state index is 13.0. The third-order valence-corrected chi connectivity index (χ3v) is 7.46. The molecular formula is C40H39NO7. The van der Waals surface area contributed by atoms with Crippen molar-refractivity contribution in [2.75, 3.05) is 13.2 Å². The molecule has 0 heterocycles. The van der Waals surface area contributed by atoms with Crippen molar-refractivity contribution in [2.24, 2.45) is 0 Å². The number of hydrogen-bond donors (Lipinski definition) is 0. The molecule has 0 N–H and O–H groups in total. The Morgan fingerprint density at radius 2 is 1.33 bits per heavy atom. The van der Waals surface area contributed by atoms with Gasteiger partial charge >= 0.3 is 17.9 Å². The molecular weight excluding hydrogens is 606 g/mol. The number of nitriles is 1. The Hall–Kier alpha value is -5.68. The Morgan fingerprint density at radius 3 is 1.98 bits per heavy atom. The van der Waals surface area contributed by atoms with Gasteiger partial charge in [-0.3, -0.25) is 0 Å². The maximum absolute atomic E-state index is 13.0. The highest BCUT2D eigenvalue weighted by atomic mass is 16.5. The molecule has 0 bridgehead atoms. The fourth-order valence-electron chi connectivity index (χ4n) is 4.86. The molecule has 0 atom stereocenters. The summed E-state index contributed by atoms with van der Waals surface area (Å²) >= 11 is 0. The lowest BCUT2D eigenvalue weighted by molar-refractivity contribution is -0.137. The van der Waals surface area contributed by atoms with Gasteiger partial charge in [0.1, 0.15) is 17.2 Å². The lowest BCUT2D eigenvalue weighted by atomic mass is 10.0. The molecule has 0 aliphatic rings. The molecule has 0 saturated carbocycles. The standard InChI is InChI=1S/C40H39NO7/c1-3-9-29-14-16-32(17-15-29)40(44)48-37-23-22-36(27-34(37)26-30-10-12-31(28-41)13-11-30)47-39(43)33-18-20-35(21-19-33)45-24-7-5-6-8-25-46-38(42)4-2/h4,10-23,27H,2-3,5-9,24-26H2,1H3. The van der Waals surface area contributed by atoms with Crippen LogP contribution in [-0.2, 0) is 22.4 Å². The third-order valence-electron chi connectivity index (χ3n) is 7.46. The molecule has 0 unspecified atom stereocenters. The second-order valence-electron chi connectivity index (χ2n) is 11.1. The molecule has 4 aromatic carbocycles. The van der Waals surface area contributed by atoms with E-state index in [1.54, 1.807) is 66.7 Å². The summed E-state index contributed by atoms with van der Waals surface area (Å²) in [6, 6.07) is 28.2. The largest absolute Gasteiger partial charge is 0.494 e. The zero-order valence-electron chi connectivity index (χ0n) is 27.1. The second kappa shape index (κ2) is 18.5. The number of ether oxygens (including phenoxy) is 4. The summed E-state index contributed by atoms with van der Waals surface area (Å²) < 4.78 is 22.3. The topological polar surface area (TPSA) is 112 Å². The van der Waals surface area contributed by atoms with Crippen molar-refractivity contribution in [3.05, 3.63) is 137 Å². The van der Waals surface area contributed by atoms with Crippen molar-refractivity contribution in [3.8, 4) is 23.3 Å². The third kappa shape index (κ3) is 11.0. The molecule has 0 aromatic heterocycles. The van der Waals surface area contributed by atoms with Crippen molar-refractivity contribution >= 4 is 17.9 Å². The van der Waals surface area contributed by atoms with E-state index < -0.39 is 17.9 Å². The Balaban J connectivity index is 1.37. The minimum absolute atomic E-state index is 0.298. The molecule has 0 spiro atoms. The molecule has 0 aliphatic heterocycles. The first-order chi connectivity index (χ1) is 23.4. The minimum Gasteiger partial charge on any atom is -0.494 e. The van der Waals surface area contributed by atoms with Crippen LogP contribution in [0.4, 0.5) is 0 Å². The first kappa shape index (κ1) is 35.2. The summed E-state index contributed by atoms with van der Waals surface area (Å²) in [5, 5.41) is 9.17. The Kier molecular flexibility index (Phi) is 13.5. The molecule has 4 aromatic rings. The summed E-state index contributed by atoms with van der Waals surface area (Å²) in [6.45, 7) is 6.38. The monoisotopic (exact) mass is 645 g/mol. The van der Waals surface area contributed by atoms with Crippen molar-refractivity contribution in [2.45, 2.75) is 51.9 Å². The molecule has 0 saturated heterocycles. The van der Waals surface area contributed by atoms with E-state index >= 15 is 0 Å². The van der Waals surface area contributed by atoms with Crippen LogP contribution >= 0.6 is 0 Å². The number of carbonyl (C=O) groups excluding carboxylic acids is 3. The van der Waals surface area contributed by atoms with E-state index in [0.717, 1.165) is 55.7 Å². The highest BCUT2D eigenvalue weighted by Gasteiger charge is 2.16. The quantitative estimate of drug-likeness (QED) is 0.0489. The molecule has 0 radical (unpaired) electrons. The summed E-state index contributed by atoms with van der Waals surface area (Å²) in [4.78, 5) is 37.1. The van der Waals surface area contributed by atoms with Crippen LogP contribution in [0.15, 0.2) is 104 Å². The zero-order chi connectivity index (χ0) is 34.1. The first-order valence-electron chi connectivity index (χ1n) is 16.1. The van der Waals surface area contributed by atoms with E-state index in [1.165, 1.54) is 0 Å². The van der Waals surface area contributed by atoms with Gasteiger partial charge in [0, 0.05) is 18.1 Å². The van der Waals surface area contributed by atoms with E-state index in [-0.39, 0.29) is 0 Å². The van der Waals surface area contributed by atoms with E-state index in [1.807, 2.05) is 24.3 Å². The normalized spacial score (nSPS) is 10.4. The molecule has 4 rings (SSSR count). The van der Waals surface area contributed by atoms with Gasteiger partial charge in [-0.2, -0.15) is 5.26 Å². The number of unbranched alkanes of at least 4 members (excludes halogenated alkanes) is 3. The number of rotatable bonds is 17. The molecule has 8 heteroatoms. The fourth-order valence-corrected chi connectivity index (χ4v) is 4.86. The highest BCUT2D eigenvalue weighted by Crippen LogP contribution is 2.29. The van der Waals surface area contributed by atoms with Crippen LogP contribution in [0.5, 0.6) is 17.2 Å². The summed E-state index contributed by atoms with van der Waals surface area (Å²) in [6.07, 6.45) is 6.97. The van der Waals surface area contributed by atoms with Crippen LogP contribution in [-0.4, -0.2) is 31.1 Å². The smallest absolute Gasteiger partial charge is 0.343 e. The number of esters is 3. The van der Waals surface area contributed by atoms with Crippen molar-refractivity contribution in [1.82, 2.24) is 0 Å².